The number of nitrogens with one attached hydrogen (secondary N) is 1. The molecule has 6 nitrogen and oxygen atoms in total. The van der Waals surface area contributed by atoms with Gasteiger partial charge in [0.2, 0.25) is 5.91 Å². The normalized spacial score (nSPS) is 11.3. The van der Waals surface area contributed by atoms with Crippen LogP contribution in [0.1, 0.15) is 79.0 Å². The van der Waals surface area contributed by atoms with Crippen molar-refractivity contribution in [2.75, 3.05) is 0 Å². The first kappa shape index (κ1) is 24.7. The number of carboxylic acids is 2. The SMILES string of the molecule is CCCCCCCCCCC(=O)N[C@@H](CCC(=O)O)C(=O)O.[H-].[Na+]. The van der Waals surface area contributed by atoms with E-state index < -0.39 is 18.0 Å². The van der Waals surface area contributed by atoms with E-state index in [1.54, 1.807) is 0 Å². The Morgan fingerprint density at radius 3 is 1.91 bits per heavy atom. The van der Waals surface area contributed by atoms with Crippen LogP contribution < -0.4 is 34.9 Å². The fourth-order valence-electron chi connectivity index (χ4n) is 2.21. The second kappa shape index (κ2) is 16.3. The number of hydrogen-bond donors (Lipinski definition) is 3. The summed E-state index contributed by atoms with van der Waals surface area (Å²) < 4.78 is 0. The van der Waals surface area contributed by atoms with Gasteiger partial charge in [0, 0.05) is 12.8 Å². The molecule has 0 aromatic heterocycles. The molecule has 1 amide bonds. The van der Waals surface area contributed by atoms with Crippen molar-refractivity contribution in [1.29, 1.82) is 0 Å². The first-order valence-electron chi connectivity index (χ1n) is 8.21. The molecular formula is C16H30NNaO5. The van der Waals surface area contributed by atoms with Crippen LogP contribution in [0.4, 0.5) is 0 Å². The van der Waals surface area contributed by atoms with Gasteiger partial charge in [-0.15, -0.1) is 0 Å². The largest absolute Gasteiger partial charge is 1.00 e. The molecule has 0 aliphatic rings. The summed E-state index contributed by atoms with van der Waals surface area (Å²) in [7, 11) is 0. The molecule has 0 aliphatic carbocycles. The molecule has 0 bridgehead atoms. The maximum absolute atomic E-state index is 11.7. The van der Waals surface area contributed by atoms with Gasteiger partial charge >= 0.3 is 41.5 Å². The van der Waals surface area contributed by atoms with Gasteiger partial charge in [0.15, 0.2) is 0 Å². The van der Waals surface area contributed by atoms with Crippen molar-refractivity contribution in [3.63, 3.8) is 0 Å². The van der Waals surface area contributed by atoms with Crippen LogP contribution in [0.3, 0.4) is 0 Å². The molecule has 3 N–H and O–H groups in total. The molecule has 0 unspecified atom stereocenters. The van der Waals surface area contributed by atoms with Crippen LogP contribution in [0.15, 0.2) is 0 Å². The van der Waals surface area contributed by atoms with Crippen molar-refractivity contribution < 1.29 is 55.6 Å². The zero-order valence-electron chi connectivity index (χ0n) is 15.5. The van der Waals surface area contributed by atoms with Crippen LogP contribution >= 0.6 is 0 Å². The Morgan fingerprint density at radius 2 is 1.43 bits per heavy atom. The number of carboxylic acid groups (broad SMARTS) is 2. The zero-order valence-corrected chi connectivity index (χ0v) is 16.5. The van der Waals surface area contributed by atoms with Crippen LogP contribution in [-0.4, -0.2) is 34.1 Å². The molecule has 23 heavy (non-hydrogen) atoms. The summed E-state index contributed by atoms with van der Waals surface area (Å²) in [5.74, 6) is -2.57. The molecule has 0 fully saturated rings. The van der Waals surface area contributed by atoms with Crippen molar-refractivity contribution in [2.45, 2.75) is 83.6 Å². The van der Waals surface area contributed by atoms with Crippen LogP contribution in [0.5, 0.6) is 0 Å². The van der Waals surface area contributed by atoms with E-state index in [2.05, 4.69) is 12.2 Å². The quantitative estimate of drug-likeness (QED) is 0.307. The van der Waals surface area contributed by atoms with E-state index in [1.165, 1.54) is 32.1 Å². The van der Waals surface area contributed by atoms with E-state index in [0.29, 0.717) is 6.42 Å². The number of carbonyl (C=O) groups excluding carboxylic acids is 1. The first-order chi connectivity index (χ1) is 10.5. The van der Waals surface area contributed by atoms with Gasteiger partial charge < -0.3 is 17.0 Å². The summed E-state index contributed by atoms with van der Waals surface area (Å²) in [5.41, 5.74) is 0. The monoisotopic (exact) mass is 339 g/mol. The molecule has 0 saturated heterocycles. The molecule has 130 valence electrons. The van der Waals surface area contributed by atoms with Crippen LogP contribution in [0.2, 0.25) is 0 Å². The Morgan fingerprint density at radius 1 is 0.913 bits per heavy atom. The Labute approximate surface area is 162 Å². The van der Waals surface area contributed by atoms with Gasteiger partial charge in [0.25, 0.3) is 0 Å². The fraction of sp³-hybridized carbons (Fsp3) is 0.812. The predicted molar refractivity (Wildman–Crippen MR) is 84.8 cm³/mol. The topological polar surface area (TPSA) is 104 Å². The smallest absolute Gasteiger partial charge is 1.00 e. The maximum atomic E-state index is 11.7. The van der Waals surface area contributed by atoms with Crippen LogP contribution in [0, 0.1) is 0 Å². The van der Waals surface area contributed by atoms with E-state index in [9.17, 15) is 14.4 Å². The van der Waals surface area contributed by atoms with Gasteiger partial charge in [-0.05, 0) is 12.8 Å². The molecule has 0 aromatic rings. The second-order valence-corrected chi connectivity index (χ2v) is 5.62. The van der Waals surface area contributed by atoms with Crippen molar-refractivity contribution in [2.24, 2.45) is 0 Å². The molecule has 1 atom stereocenters. The van der Waals surface area contributed by atoms with Gasteiger partial charge in [-0.25, -0.2) is 4.79 Å². The minimum absolute atomic E-state index is 0. The standard InChI is InChI=1S/C16H29NO5.Na.H/c1-2-3-4-5-6-7-8-9-10-14(18)17-13(16(21)22)11-12-15(19)20;;/h13H,2-12H2,1H3,(H,17,18)(H,19,20)(H,21,22);;/q;+1;-1/t13-;;/m0../s1. The first-order valence-corrected chi connectivity index (χ1v) is 8.21. The van der Waals surface area contributed by atoms with Gasteiger partial charge in [-0.2, -0.15) is 0 Å². The molecule has 0 saturated carbocycles. The molecule has 0 aromatic carbocycles. The summed E-state index contributed by atoms with van der Waals surface area (Å²) in [5, 5.41) is 19.9. The number of rotatable bonds is 14. The van der Waals surface area contributed by atoms with Gasteiger partial charge in [0.05, 0.1) is 0 Å². The Kier molecular flexibility index (Phi) is 17.4. The van der Waals surface area contributed by atoms with Gasteiger partial charge in [-0.3, -0.25) is 9.59 Å². The van der Waals surface area contributed by atoms with Crippen molar-refractivity contribution >= 4 is 17.8 Å². The molecule has 0 aliphatic heterocycles. The van der Waals surface area contributed by atoms with E-state index in [0.717, 1.165) is 19.3 Å². The third kappa shape index (κ3) is 16.1. The fourth-order valence-corrected chi connectivity index (χ4v) is 2.21. The van der Waals surface area contributed by atoms with Gasteiger partial charge in [-0.1, -0.05) is 51.9 Å². The predicted octanol–water partition coefficient (Wildman–Crippen LogP) is 0.0679. The summed E-state index contributed by atoms with van der Waals surface area (Å²) in [6, 6.07) is -1.11. The van der Waals surface area contributed by atoms with Crippen LogP contribution in [-0.2, 0) is 14.4 Å². The summed E-state index contributed by atoms with van der Waals surface area (Å²) in [6.07, 6.45) is 8.92. The average molecular weight is 339 g/mol. The second-order valence-electron chi connectivity index (χ2n) is 5.62. The number of aliphatic carboxylic acids is 2. The summed E-state index contributed by atoms with van der Waals surface area (Å²) in [4.78, 5) is 33.0. The van der Waals surface area contributed by atoms with E-state index in [4.69, 9.17) is 10.2 Å². The maximum Gasteiger partial charge on any atom is 1.00 e. The van der Waals surface area contributed by atoms with E-state index in [1.807, 2.05) is 0 Å². The van der Waals surface area contributed by atoms with Gasteiger partial charge in [0.1, 0.15) is 6.04 Å². The molecule has 0 rings (SSSR count). The average Bonchev–Trinajstić information content (AvgIpc) is 2.45. The number of unbranched alkanes of at least 4 members (excludes halogenated alkanes) is 7. The third-order valence-corrected chi connectivity index (χ3v) is 3.54. The van der Waals surface area contributed by atoms with Crippen molar-refractivity contribution in [3.05, 3.63) is 0 Å². The van der Waals surface area contributed by atoms with Crippen LogP contribution in [0.25, 0.3) is 0 Å². The zero-order chi connectivity index (χ0) is 16.8. The minimum Gasteiger partial charge on any atom is -1.00 e. The third-order valence-electron chi connectivity index (χ3n) is 3.54. The molecule has 0 heterocycles. The molecule has 7 heteroatoms. The summed E-state index contributed by atoms with van der Waals surface area (Å²) >= 11 is 0. The molecule has 0 radical (unpaired) electrons. The van der Waals surface area contributed by atoms with Crippen molar-refractivity contribution in [1.82, 2.24) is 5.32 Å². The Bertz CT molecular complexity index is 355. The molecular weight excluding hydrogens is 309 g/mol. The minimum atomic E-state index is -1.19. The van der Waals surface area contributed by atoms with E-state index in [-0.39, 0.29) is 49.7 Å². The number of hydrogen-bond acceptors (Lipinski definition) is 3. The summed E-state index contributed by atoms with van der Waals surface area (Å²) in [6.45, 7) is 2.18. The van der Waals surface area contributed by atoms with E-state index >= 15 is 0 Å². The number of amides is 1. The molecule has 0 spiro atoms. The van der Waals surface area contributed by atoms with Crippen molar-refractivity contribution in [3.8, 4) is 0 Å². The Hall–Kier alpha value is -0.590. The Balaban J connectivity index is -0.00000220. The number of carbonyl (C=O) groups is 3.